The fraction of sp³-hybridized carbons (Fsp3) is 0.250. The molecule has 0 aliphatic carbocycles. The third-order valence-corrected chi connectivity index (χ3v) is 3.23. The molecule has 0 aliphatic heterocycles. The molecule has 0 bridgehead atoms. The van der Waals surface area contributed by atoms with E-state index in [0.29, 0.717) is 12.5 Å². The topological polar surface area (TPSA) is 9.23 Å². The summed E-state index contributed by atoms with van der Waals surface area (Å²) >= 11 is 5.72. The first-order chi connectivity index (χ1) is 9.06. The van der Waals surface area contributed by atoms with Crippen LogP contribution in [0.25, 0.3) is 0 Å². The monoisotopic (exact) mass is 278 g/mol. The minimum absolute atomic E-state index is 0.122. The van der Waals surface area contributed by atoms with Gasteiger partial charge in [-0.15, -0.1) is 0 Å². The Kier molecular flexibility index (Phi) is 4.43. The van der Waals surface area contributed by atoms with E-state index in [1.807, 2.05) is 12.1 Å². The van der Waals surface area contributed by atoms with Crippen molar-refractivity contribution < 1.29 is 9.13 Å². The van der Waals surface area contributed by atoms with Crippen molar-refractivity contribution in [2.45, 2.75) is 26.4 Å². The first-order valence-electron chi connectivity index (χ1n) is 6.23. The molecule has 0 fully saturated rings. The lowest BCUT2D eigenvalue weighted by Gasteiger charge is -2.09. The molecule has 19 heavy (non-hydrogen) atoms. The second-order valence-electron chi connectivity index (χ2n) is 4.76. The molecule has 2 rings (SSSR count). The number of rotatable bonds is 4. The van der Waals surface area contributed by atoms with Gasteiger partial charge in [0.25, 0.3) is 0 Å². The van der Waals surface area contributed by atoms with Gasteiger partial charge in [0.15, 0.2) is 0 Å². The molecule has 0 unspecified atom stereocenters. The highest BCUT2D eigenvalue weighted by Crippen LogP contribution is 2.21. The number of ether oxygens (including phenoxy) is 1. The van der Waals surface area contributed by atoms with Gasteiger partial charge in [0.1, 0.15) is 18.2 Å². The van der Waals surface area contributed by atoms with Crippen LogP contribution in [0.2, 0.25) is 5.02 Å². The predicted molar refractivity (Wildman–Crippen MR) is 76.3 cm³/mol. The van der Waals surface area contributed by atoms with E-state index < -0.39 is 5.82 Å². The lowest BCUT2D eigenvalue weighted by molar-refractivity contribution is 0.306. The first kappa shape index (κ1) is 13.9. The zero-order valence-electron chi connectivity index (χ0n) is 11.0. The van der Waals surface area contributed by atoms with Gasteiger partial charge in [0.2, 0.25) is 0 Å². The molecule has 0 spiro atoms. The van der Waals surface area contributed by atoms with E-state index in [9.17, 15) is 4.39 Å². The maximum atomic E-state index is 13.0. The molecule has 0 aromatic heterocycles. The molecular formula is C16H16ClFO. The molecule has 1 nitrogen and oxygen atoms in total. The molecule has 100 valence electrons. The first-order valence-corrected chi connectivity index (χ1v) is 6.61. The van der Waals surface area contributed by atoms with Crippen LogP contribution in [0.3, 0.4) is 0 Å². The van der Waals surface area contributed by atoms with Gasteiger partial charge >= 0.3 is 0 Å². The Hall–Kier alpha value is -1.54. The lowest BCUT2D eigenvalue weighted by atomic mass is 10.0. The Morgan fingerprint density at radius 2 is 1.79 bits per heavy atom. The Labute approximate surface area is 118 Å². The summed E-state index contributed by atoms with van der Waals surface area (Å²) in [6.45, 7) is 4.67. The van der Waals surface area contributed by atoms with E-state index in [4.69, 9.17) is 16.3 Å². The Balaban J connectivity index is 2.00. The van der Waals surface area contributed by atoms with Gasteiger partial charge in [0.05, 0.1) is 5.02 Å². The van der Waals surface area contributed by atoms with Crippen molar-refractivity contribution in [3.05, 3.63) is 64.4 Å². The lowest BCUT2D eigenvalue weighted by Crippen LogP contribution is -1.96. The van der Waals surface area contributed by atoms with Crippen LogP contribution in [-0.2, 0) is 6.61 Å². The smallest absolute Gasteiger partial charge is 0.141 e. The average molecular weight is 279 g/mol. The summed E-state index contributed by atoms with van der Waals surface area (Å²) in [6.07, 6.45) is 0. The largest absolute Gasteiger partial charge is 0.489 e. The van der Waals surface area contributed by atoms with Crippen molar-refractivity contribution in [1.82, 2.24) is 0 Å². The van der Waals surface area contributed by atoms with Crippen LogP contribution in [0.15, 0.2) is 42.5 Å². The van der Waals surface area contributed by atoms with E-state index in [2.05, 4.69) is 26.0 Å². The fourth-order valence-corrected chi connectivity index (χ4v) is 1.95. The van der Waals surface area contributed by atoms with E-state index in [1.165, 1.54) is 11.6 Å². The maximum absolute atomic E-state index is 13.0. The number of hydrogen-bond acceptors (Lipinski definition) is 1. The molecule has 0 aliphatic rings. The second-order valence-corrected chi connectivity index (χ2v) is 5.17. The van der Waals surface area contributed by atoms with Crippen molar-refractivity contribution in [2.75, 3.05) is 0 Å². The SMILES string of the molecule is CC(C)c1ccc(OCc2ccc(F)c(Cl)c2)cc1. The van der Waals surface area contributed by atoms with Crippen molar-refractivity contribution >= 4 is 11.6 Å². The summed E-state index contributed by atoms with van der Waals surface area (Å²) < 4.78 is 18.6. The van der Waals surface area contributed by atoms with Crippen LogP contribution in [0.1, 0.15) is 30.9 Å². The molecule has 0 amide bonds. The van der Waals surface area contributed by atoms with Gasteiger partial charge in [-0.25, -0.2) is 4.39 Å². The predicted octanol–water partition coefficient (Wildman–Crippen LogP) is 5.18. The van der Waals surface area contributed by atoms with Gasteiger partial charge < -0.3 is 4.74 Å². The zero-order valence-corrected chi connectivity index (χ0v) is 11.7. The molecule has 0 atom stereocenters. The molecule has 0 N–H and O–H groups in total. The van der Waals surface area contributed by atoms with Crippen LogP contribution in [0.5, 0.6) is 5.75 Å². The average Bonchev–Trinajstić information content (AvgIpc) is 2.40. The van der Waals surface area contributed by atoms with Gasteiger partial charge in [-0.05, 0) is 41.3 Å². The molecular weight excluding hydrogens is 263 g/mol. The van der Waals surface area contributed by atoms with Crippen LogP contribution < -0.4 is 4.74 Å². The van der Waals surface area contributed by atoms with E-state index in [1.54, 1.807) is 12.1 Å². The summed E-state index contributed by atoms with van der Waals surface area (Å²) in [7, 11) is 0. The molecule has 2 aromatic rings. The third-order valence-electron chi connectivity index (χ3n) is 2.94. The van der Waals surface area contributed by atoms with Crippen molar-refractivity contribution in [2.24, 2.45) is 0 Å². The summed E-state index contributed by atoms with van der Waals surface area (Å²) in [5.74, 6) is 0.890. The Bertz CT molecular complexity index is 549. The normalized spacial score (nSPS) is 10.8. The highest BCUT2D eigenvalue weighted by atomic mass is 35.5. The molecule has 0 saturated carbocycles. The quantitative estimate of drug-likeness (QED) is 0.748. The summed E-state index contributed by atoms with van der Waals surface area (Å²) in [4.78, 5) is 0. The number of hydrogen-bond donors (Lipinski definition) is 0. The molecule has 0 heterocycles. The van der Waals surface area contributed by atoms with Crippen LogP contribution >= 0.6 is 11.6 Å². The second kappa shape index (κ2) is 6.07. The Morgan fingerprint density at radius 3 is 2.37 bits per heavy atom. The Morgan fingerprint density at radius 1 is 1.11 bits per heavy atom. The number of benzene rings is 2. The zero-order chi connectivity index (χ0) is 13.8. The summed E-state index contributed by atoms with van der Waals surface area (Å²) in [5.41, 5.74) is 2.12. The highest BCUT2D eigenvalue weighted by Gasteiger charge is 2.03. The van der Waals surface area contributed by atoms with Gasteiger partial charge in [-0.1, -0.05) is 43.6 Å². The van der Waals surface area contributed by atoms with Crippen molar-refractivity contribution in [3.8, 4) is 5.75 Å². The summed E-state index contributed by atoms with van der Waals surface area (Å²) in [6, 6.07) is 12.6. The van der Waals surface area contributed by atoms with E-state index in [0.717, 1.165) is 11.3 Å². The van der Waals surface area contributed by atoms with Gasteiger partial charge in [-0.2, -0.15) is 0 Å². The molecule has 3 heteroatoms. The minimum atomic E-state index is -0.410. The number of halogens is 2. The molecule has 2 aromatic carbocycles. The van der Waals surface area contributed by atoms with Crippen LogP contribution in [0, 0.1) is 5.82 Å². The van der Waals surface area contributed by atoms with E-state index >= 15 is 0 Å². The van der Waals surface area contributed by atoms with Gasteiger partial charge in [0, 0.05) is 0 Å². The maximum Gasteiger partial charge on any atom is 0.141 e. The van der Waals surface area contributed by atoms with Gasteiger partial charge in [-0.3, -0.25) is 0 Å². The summed E-state index contributed by atoms with van der Waals surface area (Å²) in [5, 5.41) is 0.122. The highest BCUT2D eigenvalue weighted by molar-refractivity contribution is 6.30. The van der Waals surface area contributed by atoms with Crippen LogP contribution in [0.4, 0.5) is 4.39 Å². The van der Waals surface area contributed by atoms with E-state index in [-0.39, 0.29) is 5.02 Å². The van der Waals surface area contributed by atoms with Crippen molar-refractivity contribution in [3.63, 3.8) is 0 Å². The standard InChI is InChI=1S/C16H16ClFO/c1-11(2)13-4-6-14(7-5-13)19-10-12-3-8-16(18)15(17)9-12/h3-9,11H,10H2,1-2H3. The minimum Gasteiger partial charge on any atom is -0.489 e. The molecule has 0 saturated heterocycles. The fourth-order valence-electron chi connectivity index (χ4n) is 1.75. The van der Waals surface area contributed by atoms with Crippen LogP contribution in [-0.4, -0.2) is 0 Å². The molecule has 0 radical (unpaired) electrons. The third kappa shape index (κ3) is 3.71. The van der Waals surface area contributed by atoms with Crippen molar-refractivity contribution in [1.29, 1.82) is 0 Å².